The molecule has 0 spiro atoms. The standard InChI is InChI=1S/C33H35F3O4/c1-3-5-19-39-25-15-16-26(28(34)20-25)21-9-13-24(14-10-21)33(38)40-30-18-17-27(31(35)32(30)36)22-7-11-23(12-8-22)29(37)6-4-2/h3,9-10,13-18,20,22-23,29,37H,1,4-8,11-12,19H2,2H3. The summed E-state index contributed by atoms with van der Waals surface area (Å²) in [5, 5.41) is 10.3. The molecule has 0 radical (unpaired) electrons. The highest BCUT2D eigenvalue weighted by molar-refractivity contribution is 5.91. The van der Waals surface area contributed by atoms with Crippen molar-refractivity contribution >= 4 is 5.97 Å². The number of halogens is 3. The predicted octanol–water partition coefficient (Wildman–Crippen LogP) is 8.38. The first-order valence-electron chi connectivity index (χ1n) is 13.8. The molecule has 212 valence electrons. The van der Waals surface area contributed by atoms with Gasteiger partial charge in [-0.2, -0.15) is 4.39 Å². The molecule has 3 aromatic carbocycles. The van der Waals surface area contributed by atoms with Crippen LogP contribution in [-0.2, 0) is 0 Å². The van der Waals surface area contributed by atoms with Crippen LogP contribution in [0.25, 0.3) is 11.1 Å². The number of carbonyl (C=O) groups excluding carboxylic acids is 1. The number of rotatable bonds is 11. The van der Waals surface area contributed by atoms with E-state index in [2.05, 4.69) is 6.58 Å². The first-order valence-corrected chi connectivity index (χ1v) is 13.8. The summed E-state index contributed by atoms with van der Waals surface area (Å²) in [6, 6.07) is 13.3. The minimum Gasteiger partial charge on any atom is -0.493 e. The second-order valence-electron chi connectivity index (χ2n) is 10.3. The number of benzene rings is 3. The van der Waals surface area contributed by atoms with Crippen molar-refractivity contribution in [2.45, 2.75) is 63.9 Å². The summed E-state index contributed by atoms with van der Waals surface area (Å²) in [6.07, 6.45) is 6.52. The van der Waals surface area contributed by atoms with Crippen molar-refractivity contribution in [2.75, 3.05) is 6.61 Å². The third-order valence-electron chi connectivity index (χ3n) is 7.58. The van der Waals surface area contributed by atoms with Crippen LogP contribution in [0.15, 0.2) is 67.3 Å². The maximum atomic E-state index is 15.0. The third-order valence-corrected chi connectivity index (χ3v) is 7.58. The van der Waals surface area contributed by atoms with Crippen LogP contribution < -0.4 is 9.47 Å². The van der Waals surface area contributed by atoms with Gasteiger partial charge in [-0.3, -0.25) is 0 Å². The van der Waals surface area contributed by atoms with E-state index in [1.54, 1.807) is 30.3 Å². The molecular weight excluding hydrogens is 517 g/mol. The lowest BCUT2D eigenvalue weighted by atomic mass is 9.76. The third kappa shape index (κ3) is 6.94. The van der Waals surface area contributed by atoms with Gasteiger partial charge in [-0.25, -0.2) is 13.6 Å². The molecule has 0 heterocycles. The zero-order valence-corrected chi connectivity index (χ0v) is 22.7. The lowest BCUT2D eigenvalue weighted by molar-refractivity contribution is 0.0725. The fourth-order valence-electron chi connectivity index (χ4n) is 5.31. The number of hydrogen-bond donors (Lipinski definition) is 1. The van der Waals surface area contributed by atoms with E-state index in [1.807, 2.05) is 6.92 Å². The van der Waals surface area contributed by atoms with Gasteiger partial charge >= 0.3 is 5.97 Å². The average molecular weight is 553 g/mol. The van der Waals surface area contributed by atoms with Crippen LogP contribution in [-0.4, -0.2) is 23.8 Å². The Balaban J connectivity index is 1.39. The van der Waals surface area contributed by atoms with Gasteiger partial charge in [-0.1, -0.05) is 37.6 Å². The predicted molar refractivity (Wildman–Crippen MR) is 149 cm³/mol. The molecule has 0 aliphatic heterocycles. The highest BCUT2D eigenvalue weighted by Crippen LogP contribution is 2.40. The summed E-state index contributed by atoms with van der Waals surface area (Å²) in [7, 11) is 0. The SMILES string of the molecule is C=CCCOc1ccc(-c2ccc(C(=O)Oc3ccc(C4CCC(C(O)CCC)CC4)c(F)c3F)cc2)c(F)c1. The van der Waals surface area contributed by atoms with Crippen LogP contribution in [0.3, 0.4) is 0 Å². The minimum absolute atomic E-state index is 0.112. The Hall–Kier alpha value is -3.58. The Morgan fingerprint density at radius 3 is 2.40 bits per heavy atom. The Kier molecular flexibility index (Phi) is 10.0. The molecule has 1 fully saturated rings. The van der Waals surface area contributed by atoms with Crippen LogP contribution in [0.4, 0.5) is 13.2 Å². The monoisotopic (exact) mass is 552 g/mol. The second kappa shape index (κ2) is 13.7. The fourth-order valence-corrected chi connectivity index (χ4v) is 5.31. The van der Waals surface area contributed by atoms with E-state index in [0.29, 0.717) is 42.7 Å². The van der Waals surface area contributed by atoms with Crippen molar-refractivity contribution in [3.63, 3.8) is 0 Å². The molecule has 7 heteroatoms. The molecule has 4 rings (SSSR count). The number of aliphatic hydroxyl groups is 1. The van der Waals surface area contributed by atoms with Gasteiger partial charge in [-0.05, 0) is 91.8 Å². The van der Waals surface area contributed by atoms with Gasteiger partial charge in [0.05, 0.1) is 18.3 Å². The van der Waals surface area contributed by atoms with Gasteiger partial charge in [-0.15, -0.1) is 6.58 Å². The Bertz CT molecular complexity index is 1310. The fraction of sp³-hybridized carbons (Fsp3) is 0.364. The largest absolute Gasteiger partial charge is 0.493 e. The Labute approximate surface area is 233 Å². The highest BCUT2D eigenvalue weighted by Gasteiger charge is 2.30. The molecule has 0 aromatic heterocycles. The van der Waals surface area contributed by atoms with E-state index >= 15 is 4.39 Å². The Morgan fingerprint density at radius 2 is 1.75 bits per heavy atom. The molecule has 1 aliphatic rings. The molecule has 1 aliphatic carbocycles. The summed E-state index contributed by atoms with van der Waals surface area (Å²) in [5.74, 6) is -3.58. The van der Waals surface area contributed by atoms with Crippen molar-refractivity contribution in [3.8, 4) is 22.6 Å². The lowest BCUT2D eigenvalue weighted by Gasteiger charge is -2.32. The van der Waals surface area contributed by atoms with Crippen molar-refractivity contribution in [1.82, 2.24) is 0 Å². The van der Waals surface area contributed by atoms with Crippen molar-refractivity contribution in [1.29, 1.82) is 0 Å². The van der Waals surface area contributed by atoms with Crippen LogP contribution in [0.1, 0.15) is 73.7 Å². The van der Waals surface area contributed by atoms with Crippen LogP contribution in [0.5, 0.6) is 11.5 Å². The molecule has 0 amide bonds. The van der Waals surface area contributed by atoms with Crippen molar-refractivity contribution in [2.24, 2.45) is 5.92 Å². The molecule has 4 nitrogen and oxygen atoms in total. The zero-order chi connectivity index (χ0) is 28.6. The number of carbonyl (C=O) groups is 1. The van der Waals surface area contributed by atoms with E-state index < -0.39 is 29.2 Å². The topological polar surface area (TPSA) is 55.8 Å². The smallest absolute Gasteiger partial charge is 0.343 e. The molecule has 1 N–H and O–H groups in total. The van der Waals surface area contributed by atoms with E-state index in [4.69, 9.17) is 9.47 Å². The zero-order valence-electron chi connectivity index (χ0n) is 22.7. The first-order chi connectivity index (χ1) is 19.3. The number of aliphatic hydroxyl groups excluding tert-OH is 1. The van der Waals surface area contributed by atoms with Gasteiger partial charge in [0.15, 0.2) is 11.6 Å². The quantitative estimate of drug-likeness (QED) is 0.112. The molecule has 1 saturated carbocycles. The summed E-state index contributed by atoms with van der Waals surface area (Å²) in [5.41, 5.74) is 1.24. The normalized spacial score (nSPS) is 17.7. The maximum Gasteiger partial charge on any atom is 0.343 e. The van der Waals surface area contributed by atoms with Crippen LogP contribution in [0, 0.1) is 23.4 Å². The van der Waals surface area contributed by atoms with Gasteiger partial charge in [0, 0.05) is 11.6 Å². The molecule has 0 bridgehead atoms. The summed E-state index contributed by atoms with van der Waals surface area (Å²) >= 11 is 0. The maximum absolute atomic E-state index is 15.0. The molecular formula is C33H35F3O4. The van der Waals surface area contributed by atoms with E-state index in [9.17, 15) is 18.7 Å². The molecule has 1 atom stereocenters. The minimum atomic E-state index is -1.20. The van der Waals surface area contributed by atoms with Gasteiger partial charge < -0.3 is 14.6 Å². The van der Waals surface area contributed by atoms with Crippen molar-refractivity contribution in [3.05, 3.63) is 95.8 Å². The number of ether oxygens (including phenoxy) is 2. The number of hydrogen-bond acceptors (Lipinski definition) is 4. The molecule has 0 saturated heterocycles. The highest BCUT2D eigenvalue weighted by atomic mass is 19.2. The summed E-state index contributed by atoms with van der Waals surface area (Å²) in [4.78, 5) is 12.7. The molecule has 40 heavy (non-hydrogen) atoms. The Morgan fingerprint density at radius 1 is 1.02 bits per heavy atom. The molecule has 1 unspecified atom stereocenters. The van der Waals surface area contributed by atoms with E-state index in [-0.39, 0.29) is 29.1 Å². The number of esters is 1. The van der Waals surface area contributed by atoms with E-state index in [1.165, 1.54) is 30.3 Å². The van der Waals surface area contributed by atoms with Gasteiger partial charge in [0.2, 0.25) is 5.82 Å². The van der Waals surface area contributed by atoms with Crippen LogP contribution >= 0.6 is 0 Å². The summed E-state index contributed by atoms with van der Waals surface area (Å²) in [6.45, 7) is 6.05. The lowest BCUT2D eigenvalue weighted by Crippen LogP contribution is -2.25. The summed E-state index contributed by atoms with van der Waals surface area (Å²) < 4.78 is 55.2. The van der Waals surface area contributed by atoms with Gasteiger partial charge in [0.1, 0.15) is 11.6 Å². The average Bonchev–Trinajstić information content (AvgIpc) is 2.96. The van der Waals surface area contributed by atoms with E-state index in [0.717, 1.165) is 25.7 Å². The second-order valence-corrected chi connectivity index (χ2v) is 10.3. The molecule has 3 aromatic rings. The van der Waals surface area contributed by atoms with Crippen LogP contribution in [0.2, 0.25) is 0 Å². The first kappa shape index (κ1) is 29.4. The van der Waals surface area contributed by atoms with Crippen molar-refractivity contribution < 1.29 is 32.5 Å². The van der Waals surface area contributed by atoms with Gasteiger partial charge in [0.25, 0.3) is 0 Å².